The number of rotatable bonds is 4. The van der Waals surface area contributed by atoms with E-state index in [9.17, 15) is 9.59 Å². The topological polar surface area (TPSA) is 81.4 Å². The van der Waals surface area contributed by atoms with Gasteiger partial charge in [-0.05, 0) is 19.8 Å². The van der Waals surface area contributed by atoms with Crippen LogP contribution in [0.25, 0.3) is 11.3 Å². The summed E-state index contributed by atoms with van der Waals surface area (Å²) in [6.45, 7) is 2.00. The number of nitrogens with zero attached hydrogens (tertiary/aromatic N) is 1. The molecule has 25 heavy (non-hydrogen) atoms. The third-order valence-electron chi connectivity index (χ3n) is 4.72. The average molecular weight is 342 g/mol. The Morgan fingerprint density at radius 3 is 2.48 bits per heavy atom. The Hall–Kier alpha value is -2.63. The lowest BCUT2D eigenvalue weighted by Crippen LogP contribution is -2.56. The number of benzene rings is 1. The number of hydrogen-bond acceptors (Lipinski definition) is 5. The number of carbonyl (C=O) groups excluding carboxylic acids is 2. The number of ether oxygens (including phenoxy) is 1. The van der Waals surface area contributed by atoms with Gasteiger partial charge in [-0.3, -0.25) is 4.79 Å². The highest BCUT2D eigenvalue weighted by atomic mass is 16.5. The van der Waals surface area contributed by atoms with Gasteiger partial charge in [-0.25, -0.2) is 4.79 Å². The van der Waals surface area contributed by atoms with Gasteiger partial charge < -0.3 is 14.6 Å². The second-order valence-electron chi connectivity index (χ2n) is 6.53. The molecule has 2 aromatic rings. The molecule has 1 N–H and O–H groups in total. The zero-order valence-corrected chi connectivity index (χ0v) is 14.5. The number of hydrogen-bond donors (Lipinski definition) is 1. The fourth-order valence-electron chi connectivity index (χ4n) is 3.25. The summed E-state index contributed by atoms with van der Waals surface area (Å²) in [7, 11) is 1.34. The van der Waals surface area contributed by atoms with Crippen molar-refractivity contribution in [2.24, 2.45) is 0 Å². The summed E-state index contributed by atoms with van der Waals surface area (Å²) >= 11 is 0. The minimum absolute atomic E-state index is 0.0874. The molecule has 1 aliphatic rings. The molecule has 1 fully saturated rings. The third kappa shape index (κ3) is 3.57. The van der Waals surface area contributed by atoms with E-state index < -0.39 is 17.4 Å². The average Bonchev–Trinajstić information content (AvgIpc) is 3.12. The van der Waals surface area contributed by atoms with Crippen LogP contribution in [0.1, 0.15) is 48.2 Å². The van der Waals surface area contributed by atoms with Crippen molar-refractivity contribution < 1.29 is 18.8 Å². The van der Waals surface area contributed by atoms with E-state index in [4.69, 9.17) is 9.26 Å². The van der Waals surface area contributed by atoms with Crippen LogP contribution >= 0.6 is 0 Å². The molecule has 1 aromatic carbocycles. The van der Waals surface area contributed by atoms with Crippen molar-refractivity contribution in [3.63, 3.8) is 0 Å². The van der Waals surface area contributed by atoms with Gasteiger partial charge in [0.25, 0.3) is 5.91 Å². The minimum Gasteiger partial charge on any atom is -0.467 e. The summed E-state index contributed by atoms with van der Waals surface area (Å²) < 4.78 is 10.1. The van der Waals surface area contributed by atoms with E-state index in [1.54, 1.807) is 6.07 Å². The van der Waals surface area contributed by atoms with Gasteiger partial charge in [-0.1, -0.05) is 54.2 Å². The summed E-state index contributed by atoms with van der Waals surface area (Å²) in [5, 5.41) is 6.79. The number of amides is 1. The maximum absolute atomic E-state index is 12.6. The molecule has 1 saturated carbocycles. The highest BCUT2D eigenvalue weighted by Crippen LogP contribution is 2.30. The van der Waals surface area contributed by atoms with Crippen molar-refractivity contribution in [1.82, 2.24) is 10.5 Å². The molecule has 0 unspecified atom stereocenters. The first-order valence-electron chi connectivity index (χ1n) is 8.49. The molecule has 132 valence electrons. The SMILES string of the molecule is COC(=O)C1(NC(=O)c2cc(-c3ccc(C)cc3)no2)CCCCC1. The molecule has 1 heterocycles. The first-order chi connectivity index (χ1) is 12.0. The molecule has 0 aliphatic heterocycles. The number of carbonyl (C=O) groups is 2. The maximum Gasteiger partial charge on any atom is 0.331 e. The lowest BCUT2D eigenvalue weighted by atomic mass is 9.81. The second kappa shape index (κ2) is 7.09. The van der Waals surface area contributed by atoms with Crippen LogP contribution in [0, 0.1) is 6.92 Å². The molecule has 0 bridgehead atoms. The summed E-state index contributed by atoms with van der Waals surface area (Å²) in [5.74, 6) is -0.763. The summed E-state index contributed by atoms with van der Waals surface area (Å²) in [5.41, 5.74) is 1.62. The van der Waals surface area contributed by atoms with Gasteiger partial charge in [0.05, 0.1) is 7.11 Å². The predicted molar refractivity (Wildman–Crippen MR) is 92.0 cm³/mol. The maximum atomic E-state index is 12.6. The van der Waals surface area contributed by atoms with E-state index in [-0.39, 0.29) is 5.76 Å². The number of methoxy groups -OCH3 is 1. The molecule has 1 aromatic heterocycles. The van der Waals surface area contributed by atoms with Crippen molar-refractivity contribution in [2.75, 3.05) is 7.11 Å². The lowest BCUT2D eigenvalue weighted by molar-refractivity contribution is -0.149. The Morgan fingerprint density at radius 1 is 1.16 bits per heavy atom. The second-order valence-corrected chi connectivity index (χ2v) is 6.53. The lowest BCUT2D eigenvalue weighted by Gasteiger charge is -2.34. The summed E-state index contributed by atoms with van der Waals surface area (Å²) in [6.07, 6.45) is 3.95. The van der Waals surface area contributed by atoms with Crippen molar-refractivity contribution in [3.8, 4) is 11.3 Å². The third-order valence-corrected chi connectivity index (χ3v) is 4.72. The number of esters is 1. The van der Waals surface area contributed by atoms with E-state index in [0.29, 0.717) is 18.5 Å². The van der Waals surface area contributed by atoms with Crippen LogP contribution in [0.3, 0.4) is 0 Å². The number of aryl methyl sites for hydroxylation is 1. The summed E-state index contributed by atoms with van der Waals surface area (Å²) in [4.78, 5) is 24.8. The first-order valence-corrected chi connectivity index (χ1v) is 8.49. The van der Waals surface area contributed by atoms with Gasteiger partial charge in [0.15, 0.2) is 0 Å². The number of aromatic nitrogens is 1. The van der Waals surface area contributed by atoms with E-state index >= 15 is 0 Å². The molecule has 6 nitrogen and oxygen atoms in total. The number of nitrogens with one attached hydrogen (secondary N) is 1. The van der Waals surface area contributed by atoms with Crippen molar-refractivity contribution >= 4 is 11.9 Å². The predicted octanol–water partition coefficient (Wildman–Crippen LogP) is 3.26. The van der Waals surface area contributed by atoms with Crippen LogP contribution in [-0.2, 0) is 9.53 Å². The fourth-order valence-corrected chi connectivity index (χ4v) is 3.25. The van der Waals surface area contributed by atoms with E-state index in [1.165, 1.54) is 7.11 Å². The Balaban J connectivity index is 1.78. The van der Waals surface area contributed by atoms with Crippen LogP contribution < -0.4 is 5.32 Å². The van der Waals surface area contributed by atoms with Crippen LogP contribution in [0.4, 0.5) is 0 Å². The van der Waals surface area contributed by atoms with E-state index in [2.05, 4.69) is 10.5 Å². The molecule has 0 saturated heterocycles. The highest BCUT2D eigenvalue weighted by molar-refractivity contribution is 5.96. The van der Waals surface area contributed by atoms with E-state index in [0.717, 1.165) is 30.4 Å². The molecule has 1 amide bonds. The van der Waals surface area contributed by atoms with Crippen LogP contribution in [0.15, 0.2) is 34.9 Å². The molecular weight excluding hydrogens is 320 g/mol. The largest absolute Gasteiger partial charge is 0.467 e. The normalized spacial score (nSPS) is 16.2. The molecular formula is C19H22N2O4. The van der Waals surface area contributed by atoms with Gasteiger partial charge >= 0.3 is 5.97 Å². The van der Waals surface area contributed by atoms with Gasteiger partial charge in [-0.2, -0.15) is 0 Å². The molecule has 3 rings (SSSR count). The molecule has 0 spiro atoms. The highest BCUT2D eigenvalue weighted by Gasteiger charge is 2.42. The quantitative estimate of drug-likeness (QED) is 0.863. The van der Waals surface area contributed by atoms with Gasteiger partial charge in [0.2, 0.25) is 5.76 Å². The Bertz CT molecular complexity index is 758. The Labute approximate surface area is 146 Å². The smallest absolute Gasteiger partial charge is 0.331 e. The zero-order chi connectivity index (χ0) is 17.9. The van der Waals surface area contributed by atoms with E-state index in [1.807, 2.05) is 31.2 Å². The molecule has 6 heteroatoms. The molecule has 1 aliphatic carbocycles. The minimum atomic E-state index is -0.971. The van der Waals surface area contributed by atoms with Crippen molar-refractivity contribution in [3.05, 3.63) is 41.7 Å². The first kappa shape index (κ1) is 17.2. The molecule has 0 radical (unpaired) electrons. The van der Waals surface area contributed by atoms with Crippen molar-refractivity contribution in [2.45, 2.75) is 44.6 Å². The molecule has 0 atom stereocenters. The monoisotopic (exact) mass is 342 g/mol. The van der Waals surface area contributed by atoms with Crippen LogP contribution in [0.5, 0.6) is 0 Å². The van der Waals surface area contributed by atoms with Crippen LogP contribution in [-0.4, -0.2) is 29.7 Å². The zero-order valence-electron chi connectivity index (χ0n) is 14.5. The Kier molecular flexibility index (Phi) is 4.88. The van der Waals surface area contributed by atoms with Gasteiger partial charge in [0.1, 0.15) is 11.2 Å². The summed E-state index contributed by atoms with van der Waals surface area (Å²) in [6, 6.07) is 9.38. The van der Waals surface area contributed by atoms with Crippen LogP contribution in [0.2, 0.25) is 0 Å². The van der Waals surface area contributed by atoms with Gasteiger partial charge in [-0.15, -0.1) is 0 Å². The standard InChI is InChI=1S/C19H22N2O4/c1-13-6-8-14(9-7-13)15-12-16(25-21-15)17(22)20-19(18(23)24-2)10-4-3-5-11-19/h6-9,12H,3-5,10-11H2,1-2H3,(H,20,22). The Morgan fingerprint density at radius 2 is 1.84 bits per heavy atom. The van der Waals surface area contributed by atoms with Gasteiger partial charge in [0, 0.05) is 11.6 Å². The fraction of sp³-hybridized carbons (Fsp3) is 0.421. The van der Waals surface area contributed by atoms with Crippen molar-refractivity contribution in [1.29, 1.82) is 0 Å².